The lowest BCUT2D eigenvalue weighted by molar-refractivity contribution is 0.213. The Morgan fingerprint density at radius 3 is 2.55 bits per heavy atom. The SMILES string of the molecule is CNC(C)C1CCCCN1S(=O)(=O)c1ccc(F)cc1. The van der Waals surface area contributed by atoms with Crippen molar-refractivity contribution in [1.82, 2.24) is 9.62 Å². The maximum Gasteiger partial charge on any atom is 0.243 e. The van der Waals surface area contributed by atoms with Crippen molar-refractivity contribution < 1.29 is 12.8 Å². The molecule has 2 rings (SSSR count). The van der Waals surface area contributed by atoms with Gasteiger partial charge in [0.15, 0.2) is 0 Å². The highest BCUT2D eigenvalue weighted by Crippen LogP contribution is 2.27. The predicted octanol–water partition coefficient (Wildman–Crippen LogP) is 1.98. The predicted molar refractivity (Wildman–Crippen MR) is 76.5 cm³/mol. The van der Waals surface area contributed by atoms with Gasteiger partial charge in [-0.25, -0.2) is 12.8 Å². The summed E-state index contributed by atoms with van der Waals surface area (Å²) >= 11 is 0. The molecular weight excluding hydrogens is 279 g/mol. The van der Waals surface area contributed by atoms with Crippen molar-refractivity contribution in [3.63, 3.8) is 0 Å². The van der Waals surface area contributed by atoms with E-state index in [-0.39, 0.29) is 17.0 Å². The van der Waals surface area contributed by atoms with Crippen molar-refractivity contribution in [1.29, 1.82) is 0 Å². The first-order valence-corrected chi connectivity index (χ1v) is 8.35. The minimum atomic E-state index is -3.56. The molecular formula is C14H21FN2O2S. The molecule has 6 heteroatoms. The van der Waals surface area contributed by atoms with E-state index in [4.69, 9.17) is 0 Å². The number of likely N-dealkylation sites (N-methyl/N-ethyl adjacent to an activating group) is 1. The van der Waals surface area contributed by atoms with Crippen LogP contribution in [0, 0.1) is 5.82 Å². The fraction of sp³-hybridized carbons (Fsp3) is 0.571. The van der Waals surface area contributed by atoms with Crippen molar-refractivity contribution in [2.45, 2.75) is 43.2 Å². The molecule has 1 aromatic carbocycles. The Balaban J connectivity index is 2.33. The highest BCUT2D eigenvalue weighted by atomic mass is 32.2. The lowest BCUT2D eigenvalue weighted by atomic mass is 9.99. The molecule has 0 amide bonds. The zero-order valence-electron chi connectivity index (χ0n) is 11.8. The summed E-state index contributed by atoms with van der Waals surface area (Å²) < 4.78 is 39.9. The first-order valence-electron chi connectivity index (χ1n) is 6.91. The molecule has 112 valence electrons. The van der Waals surface area contributed by atoms with Gasteiger partial charge in [-0.1, -0.05) is 6.42 Å². The zero-order valence-corrected chi connectivity index (χ0v) is 12.7. The van der Waals surface area contributed by atoms with Crippen LogP contribution < -0.4 is 5.32 Å². The summed E-state index contributed by atoms with van der Waals surface area (Å²) in [6.07, 6.45) is 2.75. The zero-order chi connectivity index (χ0) is 14.8. The van der Waals surface area contributed by atoms with E-state index in [1.54, 1.807) is 4.31 Å². The molecule has 0 saturated carbocycles. The molecule has 1 aliphatic rings. The smallest absolute Gasteiger partial charge is 0.243 e. The molecule has 1 fully saturated rings. The third kappa shape index (κ3) is 3.02. The van der Waals surface area contributed by atoms with E-state index in [9.17, 15) is 12.8 Å². The number of hydrogen-bond donors (Lipinski definition) is 1. The number of sulfonamides is 1. The summed E-state index contributed by atoms with van der Waals surface area (Å²) in [5, 5.41) is 3.13. The van der Waals surface area contributed by atoms with Gasteiger partial charge >= 0.3 is 0 Å². The van der Waals surface area contributed by atoms with Crippen molar-refractivity contribution in [3.8, 4) is 0 Å². The van der Waals surface area contributed by atoms with Gasteiger partial charge in [0.2, 0.25) is 10.0 Å². The van der Waals surface area contributed by atoms with Gasteiger partial charge in [0, 0.05) is 18.6 Å². The molecule has 4 nitrogen and oxygen atoms in total. The molecule has 1 saturated heterocycles. The normalized spacial score (nSPS) is 22.6. The molecule has 0 bridgehead atoms. The van der Waals surface area contributed by atoms with Gasteiger partial charge in [0.25, 0.3) is 0 Å². The van der Waals surface area contributed by atoms with Gasteiger partial charge in [-0.05, 0) is 51.1 Å². The summed E-state index contributed by atoms with van der Waals surface area (Å²) in [6, 6.07) is 5.08. The second-order valence-corrected chi connectivity index (χ2v) is 7.10. The molecule has 2 atom stereocenters. The minimum Gasteiger partial charge on any atom is -0.316 e. The van der Waals surface area contributed by atoms with Crippen LogP contribution >= 0.6 is 0 Å². The van der Waals surface area contributed by atoms with Crippen LogP contribution in [0.2, 0.25) is 0 Å². The van der Waals surface area contributed by atoms with Crippen molar-refractivity contribution in [2.24, 2.45) is 0 Å². The van der Waals surface area contributed by atoms with E-state index < -0.39 is 15.8 Å². The lowest BCUT2D eigenvalue weighted by Crippen LogP contribution is -2.52. The number of piperidine rings is 1. The quantitative estimate of drug-likeness (QED) is 0.925. The van der Waals surface area contributed by atoms with Gasteiger partial charge in [0.1, 0.15) is 5.82 Å². The Bertz CT molecular complexity index is 545. The van der Waals surface area contributed by atoms with Crippen molar-refractivity contribution in [2.75, 3.05) is 13.6 Å². The molecule has 0 aromatic heterocycles. The average molecular weight is 300 g/mol. The van der Waals surface area contributed by atoms with Crippen LogP contribution in [0.15, 0.2) is 29.2 Å². The Kier molecular flexibility index (Phi) is 4.78. The second kappa shape index (κ2) is 6.20. The third-order valence-electron chi connectivity index (χ3n) is 3.95. The Morgan fingerprint density at radius 1 is 1.30 bits per heavy atom. The lowest BCUT2D eigenvalue weighted by Gasteiger charge is -2.38. The fourth-order valence-corrected chi connectivity index (χ4v) is 4.43. The maximum absolute atomic E-state index is 13.0. The number of benzene rings is 1. The highest BCUT2D eigenvalue weighted by Gasteiger charge is 2.35. The minimum absolute atomic E-state index is 0.0520. The number of nitrogens with zero attached hydrogens (tertiary/aromatic N) is 1. The van der Waals surface area contributed by atoms with E-state index in [2.05, 4.69) is 5.32 Å². The summed E-state index contributed by atoms with van der Waals surface area (Å²) in [5.41, 5.74) is 0. The Labute approximate surface area is 120 Å². The molecule has 20 heavy (non-hydrogen) atoms. The van der Waals surface area contributed by atoms with Crippen LogP contribution in [-0.2, 0) is 10.0 Å². The summed E-state index contributed by atoms with van der Waals surface area (Å²) in [7, 11) is -1.72. The van der Waals surface area contributed by atoms with Gasteiger partial charge in [-0.2, -0.15) is 4.31 Å². The fourth-order valence-electron chi connectivity index (χ4n) is 2.66. The Hall–Kier alpha value is -0.980. The molecule has 0 aliphatic carbocycles. The molecule has 1 N–H and O–H groups in total. The molecule has 1 aliphatic heterocycles. The van der Waals surface area contributed by atoms with Crippen LogP contribution in [-0.4, -0.2) is 38.4 Å². The maximum atomic E-state index is 13.0. The topological polar surface area (TPSA) is 49.4 Å². The molecule has 2 unspecified atom stereocenters. The van der Waals surface area contributed by atoms with Crippen LogP contribution in [0.1, 0.15) is 26.2 Å². The highest BCUT2D eigenvalue weighted by molar-refractivity contribution is 7.89. The number of rotatable bonds is 4. The standard InChI is InChI=1S/C14H21FN2O2S/c1-11(16-2)14-5-3-4-10-17(14)20(18,19)13-8-6-12(15)7-9-13/h6-9,11,14,16H,3-5,10H2,1-2H3. The average Bonchev–Trinajstić information content (AvgIpc) is 2.47. The van der Waals surface area contributed by atoms with Gasteiger partial charge in [-0.3, -0.25) is 0 Å². The summed E-state index contributed by atoms with van der Waals surface area (Å²) in [6.45, 7) is 2.51. The van der Waals surface area contributed by atoms with E-state index >= 15 is 0 Å². The largest absolute Gasteiger partial charge is 0.316 e. The summed E-state index contributed by atoms with van der Waals surface area (Å²) in [5.74, 6) is -0.428. The third-order valence-corrected chi connectivity index (χ3v) is 5.89. The van der Waals surface area contributed by atoms with Crippen LogP contribution in [0.4, 0.5) is 4.39 Å². The van der Waals surface area contributed by atoms with Crippen molar-refractivity contribution >= 4 is 10.0 Å². The van der Waals surface area contributed by atoms with Gasteiger partial charge < -0.3 is 5.32 Å². The molecule has 1 aromatic rings. The second-order valence-electron chi connectivity index (χ2n) is 5.21. The van der Waals surface area contributed by atoms with Crippen molar-refractivity contribution in [3.05, 3.63) is 30.1 Å². The number of hydrogen-bond acceptors (Lipinski definition) is 3. The van der Waals surface area contributed by atoms with E-state index in [0.29, 0.717) is 6.54 Å². The first kappa shape index (κ1) is 15.4. The van der Waals surface area contributed by atoms with E-state index in [0.717, 1.165) is 19.3 Å². The van der Waals surface area contributed by atoms with Crippen LogP contribution in [0.5, 0.6) is 0 Å². The monoisotopic (exact) mass is 300 g/mol. The van der Waals surface area contributed by atoms with Crippen LogP contribution in [0.25, 0.3) is 0 Å². The van der Waals surface area contributed by atoms with Gasteiger partial charge in [-0.15, -0.1) is 0 Å². The number of halogens is 1. The molecule has 1 heterocycles. The molecule has 0 radical (unpaired) electrons. The van der Waals surface area contributed by atoms with E-state index in [1.807, 2.05) is 14.0 Å². The Morgan fingerprint density at radius 2 is 1.95 bits per heavy atom. The first-order chi connectivity index (χ1) is 9.46. The molecule has 0 spiro atoms. The number of nitrogens with one attached hydrogen (secondary N) is 1. The van der Waals surface area contributed by atoms with E-state index in [1.165, 1.54) is 24.3 Å². The van der Waals surface area contributed by atoms with Gasteiger partial charge in [0.05, 0.1) is 4.90 Å². The summed E-state index contributed by atoms with van der Waals surface area (Å²) in [4.78, 5) is 0.161. The van der Waals surface area contributed by atoms with Crippen LogP contribution in [0.3, 0.4) is 0 Å².